The van der Waals surface area contributed by atoms with Gasteiger partial charge in [-0.2, -0.15) is 0 Å². The molecule has 0 heterocycles. The number of carbonyl (C=O) groups is 2. The minimum atomic E-state index is -4.26. The highest BCUT2D eigenvalue weighted by atomic mass is 79.9. The van der Waals surface area contributed by atoms with Crippen molar-refractivity contribution < 1.29 is 27.5 Å². The second-order valence-corrected chi connectivity index (χ2v) is 14.1. The van der Waals surface area contributed by atoms with Gasteiger partial charge in [-0.05, 0) is 60.9 Å². The highest BCUT2D eigenvalue weighted by Gasteiger charge is 2.35. The first kappa shape index (κ1) is 36.5. The Bertz CT molecular complexity index is 1770. The van der Waals surface area contributed by atoms with Crippen molar-refractivity contribution in [2.24, 2.45) is 0 Å². The number of nitrogens with one attached hydrogen (secondary N) is 1. The minimum Gasteiger partial charge on any atom is -0.493 e. The third-order valence-corrected chi connectivity index (χ3v) is 10.2. The highest BCUT2D eigenvalue weighted by Crippen LogP contribution is 2.34. The van der Waals surface area contributed by atoms with Crippen LogP contribution in [0.15, 0.2) is 106 Å². The van der Waals surface area contributed by atoms with Crippen molar-refractivity contribution in [2.45, 2.75) is 50.6 Å². The van der Waals surface area contributed by atoms with Crippen LogP contribution in [-0.2, 0) is 32.6 Å². The van der Waals surface area contributed by atoms with Crippen LogP contribution >= 0.6 is 15.9 Å². The Balaban J connectivity index is 1.82. The van der Waals surface area contributed by atoms with Crippen molar-refractivity contribution >= 4 is 43.5 Å². The maximum Gasteiger partial charge on any atom is 0.264 e. The number of hydrogen-bond donors (Lipinski definition) is 1. The van der Waals surface area contributed by atoms with Gasteiger partial charge in [-0.1, -0.05) is 89.4 Å². The Kier molecular flexibility index (Phi) is 13.0. The first-order valence-corrected chi connectivity index (χ1v) is 18.0. The maximum absolute atomic E-state index is 14.6. The minimum absolute atomic E-state index is 0.0216. The lowest BCUT2D eigenvalue weighted by molar-refractivity contribution is -0.140. The summed E-state index contributed by atoms with van der Waals surface area (Å²) in [6.45, 7) is 3.87. The first-order valence-electron chi connectivity index (χ1n) is 15.7. The smallest absolute Gasteiger partial charge is 0.264 e. The summed E-state index contributed by atoms with van der Waals surface area (Å²) in [5.74, 6) is -0.147. The summed E-state index contributed by atoms with van der Waals surface area (Å²) in [6, 6.07) is 27.2. The van der Waals surface area contributed by atoms with Gasteiger partial charge in [0.2, 0.25) is 11.8 Å². The van der Waals surface area contributed by atoms with Crippen LogP contribution in [0.1, 0.15) is 36.5 Å². The molecule has 254 valence electrons. The third kappa shape index (κ3) is 9.38. The summed E-state index contributed by atoms with van der Waals surface area (Å²) in [5.41, 5.74) is 2.74. The molecule has 0 aliphatic heterocycles. The van der Waals surface area contributed by atoms with Gasteiger partial charge >= 0.3 is 0 Å². The van der Waals surface area contributed by atoms with E-state index in [0.717, 1.165) is 38.3 Å². The van der Waals surface area contributed by atoms with Gasteiger partial charge in [-0.15, -0.1) is 0 Å². The van der Waals surface area contributed by atoms with E-state index >= 15 is 0 Å². The van der Waals surface area contributed by atoms with Gasteiger partial charge < -0.3 is 19.7 Å². The summed E-state index contributed by atoms with van der Waals surface area (Å²) < 4.78 is 41.4. The molecule has 4 rings (SSSR count). The molecule has 1 N–H and O–H groups in total. The number of anilines is 1. The molecule has 0 saturated heterocycles. The number of benzene rings is 4. The molecular weight excluding hydrogens is 694 g/mol. The van der Waals surface area contributed by atoms with Crippen LogP contribution in [0.4, 0.5) is 5.69 Å². The van der Waals surface area contributed by atoms with E-state index in [2.05, 4.69) is 21.2 Å². The number of rotatable bonds is 16. The van der Waals surface area contributed by atoms with Crippen LogP contribution < -0.4 is 19.1 Å². The quantitative estimate of drug-likeness (QED) is 0.131. The fraction of sp³-hybridized carbons (Fsp3) is 0.297. The fourth-order valence-electron chi connectivity index (χ4n) is 5.19. The molecule has 4 aromatic rings. The molecule has 11 heteroatoms. The average molecular weight is 737 g/mol. The van der Waals surface area contributed by atoms with E-state index in [1.165, 1.54) is 37.3 Å². The van der Waals surface area contributed by atoms with E-state index in [-0.39, 0.29) is 29.5 Å². The van der Waals surface area contributed by atoms with Crippen molar-refractivity contribution in [3.05, 3.63) is 118 Å². The number of aryl methyl sites for hydroxylation is 1. The first-order chi connectivity index (χ1) is 23.1. The summed E-state index contributed by atoms with van der Waals surface area (Å²) in [4.78, 5) is 30.1. The van der Waals surface area contributed by atoms with Crippen molar-refractivity contribution in [3.8, 4) is 11.5 Å². The molecule has 0 aliphatic rings. The standard InChI is InChI=1S/C37H42BrN3O6S/c1-5-6-22-39-37(43)33(23-28-10-8-7-9-11-28)40(25-29-14-16-30(38)17-15-29)36(42)26-41(31-18-21-34(46-3)35(24-31)47-4)48(44,45)32-19-12-27(2)13-20-32/h7-21,24,33H,5-6,22-23,25-26H2,1-4H3,(H,39,43)/t33-/m0/s1. The number of sulfonamides is 1. The molecule has 0 saturated carbocycles. The van der Waals surface area contributed by atoms with E-state index in [0.29, 0.717) is 18.0 Å². The maximum atomic E-state index is 14.6. The molecule has 2 amide bonds. The number of halogens is 1. The highest BCUT2D eigenvalue weighted by molar-refractivity contribution is 9.10. The van der Waals surface area contributed by atoms with Gasteiger partial charge in [0, 0.05) is 30.0 Å². The summed E-state index contributed by atoms with van der Waals surface area (Å²) in [5, 5.41) is 3.01. The largest absolute Gasteiger partial charge is 0.493 e. The van der Waals surface area contributed by atoms with Gasteiger partial charge in [-0.3, -0.25) is 13.9 Å². The Morgan fingerprint density at radius 2 is 1.52 bits per heavy atom. The van der Waals surface area contributed by atoms with Gasteiger partial charge in [0.05, 0.1) is 24.8 Å². The van der Waals surface area contributed by atoms with Crippen molar-refractivity contribution in [2.75, 3.05) is 31.6 Å². The normalized spacial score (nSPS) is 11.8. The van der Waals surface area contributed by atoms with Crippen LogP contribution in [0.2, 0.25) is 0 Å². The van der Waals surface area contributed by atoms with Gasteiger partial charge in [0.15, 0.2) is 11.5 Å². The summed E-state index contributed by atoms with van der Waals surface area (Å²) in [7, 11) is -1.32. The lowest BCUT2D eigenvalue weighted by Crippen LogP contribution is -2.53. The third-order valence-electron chi connectivity index (χ3n) is 7.91. The molecule has 0 fully saturated rings. The molecule has 4 aromatic carbocycles. The second kappa shape index (κ2) is 17.2. The van der Waals surface area contributed by atoms with E-state index in [1.807, 2.05) is 68.4 Å². The lowest BCUT2D eigenvalue weighted by atomic mass is 10.0. The van der Waals surface area contributed by atoms with E-state index < -0.39 is 28.5 Å². The van der Waals surface area contributed by atoms with E-state index in [1.54, 1.807) is 24.3 Å². The van der Waals surface area contributed by atoms with Crippen molar-refractivity contribution in [1.82, 2.24) is 10.2 Å². The molecular formula is C37H42BrN3O6S. The molecule has 0 spiro atoms. The predicted octanol–water partition coefficient (Wildman–Crippen LogP) is 6.53. The number of ether oxygens (including phenoxy) is 2. The van der Waals surface area contributed by atoms with Crippen LogP contribution in [0, 0.1) is 6.92 Å². The Morgan fingerprint density at radius 3 is 2.15 bits per heavy atom. The number of nitrogens with zero attached hydrogens (tertiary/aromatic N) is 2. The van der Waals surface area contributed by atoms with Gasteiger partial charge in [0.25, 0.3) is 10.0 Å². The summed E-state index contributed by atoms with van der Waals surface area (Å²) >= 11 is 3.46. The topological polar surface area (TPSA) is 105 Å². The zero-order valence-electron chi connectivity index (χ0n) is 27.7. The SMILES string of the molecule is CCCCNC(=O)[C@H](Cc1ccccc1)N(Cc1ccc(Br)cc1)C(=O)CN(c1ccc(OC)c(OC)c1)S(=O)(=O)c1ccc(C)cc1. The molecule has 0 aliphatic carbocycles. The molecule has 9 nitrogen and oxygen atoms in total. The van der Waals surface area contributed by atoms with E-state index in [9.17, 15) is 18.0 Å². The Labute approximate surface area is 292 Å². The van der Waals surface area contributed by atoms with Crippen LogP contribution in [0.5, 0.6) is 11.5 Å². The summed E-state index contributed by atoms with van der Waals surface area (Å²) in [6.07, 6.45) is 1.91. The fourth-order valence-corrected chi connectivity index (χ4v) is 6.86. The van der Waals surface area contributed by atoms with E-state index in [4.69, 9.17) is 9.47 Å². The zero-order chi connectivity index (χ0) is 34.7. The van der Waals surface area contributed by atoms with Gasteiger partial charge in [0.1, 0.15) is 12.6 Å². The molecule has 0 bridgehead atoms. The number of methoxy groups -OCH3 is 2. The van der Waals surface area contributed by atoms with Crippen LogP contribution in [0.3, 0.4) is 0 Å². The van der Waals surface area contributed by atoms with Crippen molar-refractivity contribution in [1.29, 1.82) is 0 Å². The number of carbonyl (C=O) groups excluding carboxylic acids is 2. The number of hydrogen-bond acceptors (Lipinski definition) is 6. The Hall–Kier alpha value is -4.35. The molecule has 0 radical (unpaired) electrons. The Morgan fingerprint density at radius 1 is 0.854 bits per heavy atom. The molecule has 48 heavy (non-hydrogen) atoms. The van der Waals surface area contributed by atoms with Crippen molar-refractivity contribution in [3.63, 3.8) is 0 Å². The predicted molar refractivity (Wildman–Crippen MR) is 192 cm³/mol. The lowest BCUT2D eigenvalue weighted by Gasteiger charge is -2.34. The number of amides is 2. The molecule has 0 unspecified atom stereocenters. The van der Waals surface area contributed by atoms with Gasteiger partial charge in [-0.25, -0.2) is 8.42 Å². The zero-order valence-corrected chi connectivity index (χ0v) is 30.1. The molecule has 0 aromatic heterocycles. The average Bonchev–Trinajstić information content (AvgIpc) is 3.09. The second-order valence-electron chi connectivity index (χ2n) is 11.4. The van der Waals surface area contributed by atoms with Crippen LogP contribution in [0.25, 0.3) is 0 Å². The van der Waals surface area contributed by atoms with Crippen LogP contribution in [-0.4, -0.2) is 58.5 Å². The molecule has 1 atom stereocenters. The number of unbranched alkanes of at least 4 members (excludes halogenated alkanes) is 1. The monoisotopic (exact) mass is 735 g/mol.